The molecular formula is C13H15NO2. The molecule has 0 bridgehead atoms. The van der Waals surface area contributed by atoms with E-state index in [-0.39, 0.29) is 0 Å². The number of ether oxygens (including phenoxy) is 1. The van der Waals surface area contributed by atoms with Crippen LogP contribution in [0.2, 0.25) is 0 Å². The number of furan rings is 1. The lowest BCUT2D eigenvalue weighted by atomic mass is 10.1. The molecular weight excluding hydrogens is 202 g/mol. The maximum Gasteiger partial charge on any atom is 0.134 e. The summed E-state index contributed by atoms with van der Waals surface area (Å²) in [6.45, 7) is 2.51. The lowest BCUT2D eigenvalue weighted by Gasteiger charge is -2.03. The van der Waals surface area contributed by atoms with E-state index < -0.39 is 0 Å². The van der Waals surface area contributed by atoms with Crippen molar-refractivity contribution in [2.45, 2.75) is 13.5 Å². The van der Waals surface area contributed by atoms with Crippen LogP contribution in [0.5, 0.6) is 0 Å². The van der Waals surface area contributed by atoms with Gasteiger partial charge < -0.3 is 14.9 Å². The molecule has 84 valence electrons. The number of methoxy groups -OCH3 is 1. The normalized spacial score (nSPS) is 10.6. The Hall–Kier alpha value is -1.74. The summed E-state index contributed by atoms with van der Waals surface area (Å²) in [7, 11) is 1.65. The third-order valence-electron chi connectivity index (χ3n) is 2.46. The molecule has 0 aliphatic carbocycles. The van der Waals surface area contributed by atoms with Crippen molar-refractivity contribution in [3.63, 3.8) is 0 Å². The summed E-state index contributed by atoms with van der Waals surface area (Å²) in [6, 6.07) is 9.66. The number of hydrogen-bond donors (Lipinski definition) is 1. The molecule has 0 aliphatic rings. The summed E-state index contributed by atoms with van der Waals surface area (Å²) in [4.78, 5) is 0. The van der Waals surface area contributed by atoms with Crippen molar-refractivity contribution >= 4 is 5.69 Å². The Balaban J connectivity index is 2.35. The molecule has 1 aromatic carbocycles. The second-order valence-corrected chi connectivity index (χ2v) is 3.77. The molecule has 0 aliphatic heterocycles. The van der Waals surface area contributed by atoms with Crippen LogP contribution >= 0.6 is 0 Å². The molecule has 2 aromatic rings. The second-order valence-electron chi connectivity index (χ2n) is 3.77. The fraction of sp³-hybridized carbons (Fsp3) is 0.231. The summed E-state index contributed by atoms with van der Waals surface area (Å²) < 4.78 is 10.7. The summed E-state index contributed by atoms with van der Waals surface area (Å²) >= 11 is 0. The molecule has 0 saturated carbocycles. The third kappa shape index (κ3) is 2.09. The van der Waals surface area contributed by atoms with E-state index in [0.29, 0.717) is 6.61 Å². The van der Waals surface area contributed by atoms with Crippen molar-refractivity contribution in [3.05, 3.63) is 41.7 Å². The number of nitrogens with two attached hydrogens (primary N) is 1. The summed E-state index contributed by atoms with van der Waals surface area (Å²) in [5.41, 5.74) is 8.65. The molecule has 2 N–H and O–H groups in total. The predicted octanol–water partition coefficient (Wildman–Crippen LogP) is 2.98. The molecule has 3 heteroatoms. The maximum absolute atomic E-state index is 5.71. The molecule has 0 saturated heterocycles. The summed E-state index contributed by atoms with van der Waals surface area (Å²) in [6.07, 6.45) is 0. The summed E-state index contributed by atoms with van der Waals surface area (Å²) in [5.74, 6) is 1.68. The van der Waals surface area contributed by atoms with Gasteiger partial charge in [-0.25, -0.2) is 0 Å². The zero-order valence-corrected chi connectivity index (χ0v) is 9.49. The Morgan fingerprint density at radius 3 is 2.75 bits per heavy atom. The number of rotatable bonds is 3. The van der Waals surface area contributed by atoms with Crippen LogP contribution in [0.4, 0.5) is 5.69 Å². The highest BCUT2D eigenvalue weighted by Crippen LogP contribution is 2.27. The third-order valence-corrected chi connectivity index (χ3v) is 2.46. The molecule has 1 aromatic heterocycles. The first-order valence-corrected chi connectivity index (χ1v) is 5.15. The van der Waals surface area contributed by atoms with Crippen molar-refractivity contribution in [3.8, 4) is 11.3 Å². The predicted molar refractivity (Wildman–Crippen MR) is 64.0 cm³/mol. The Kier molecular flexibility index (Phi) is 2.97. The van der Waals surface area contributed by atoms with Gasteiger partial charge in [0.05, 0.1) is 0 Å². The average molecular weight is 217 g/mol. The van der Waals surface area contributed by atoms with Gasteiger partial charge in [0.15, 0.2) is 0 Å². The zero-order valence-electron chi connectivity index (χ0n) is 9.49. The van der Waals surface area contributed by atoms with Gasteiger partial charge in [0.1, 0.15) is 18.1 Å². The van der Waals surface area contributed by atoms with Crippen molar-refractivity contribution in [1.82, 2.24) is 0 Å². The first kappa shape index (κ1) is 10.8. The van der Waals surface area contributed by atoms with Gasteiger partial charge in [-0.15, -0.1) is 0 Å². The molecule has 0 atom stereocenters. The minimum absolute atomic E-state index is 0.494. The maximum atomic E-state index is 5.71. The highest BCUT2D eigenvalue weighted by atomic mass is 16.5. The standard InChI is InChI=1S/C13H15NO2/c1-9-7-10(14)3-5-12(9)13-6-4-11(16-13)8-15-2/h3-7H,8,14H2,1-2H3. The Morgan fingerprint density at radius 2 is 2.06 bits per heavy atom. The monoisotopic (exact) mass is 217 g/mol. The smallest absolute Gasteiger partial charge is 0.134 e. The Bertz CT molecular complexity index is 488. The molecule has 0 unspecified atom stereocenters. The highest BCUT2D eigenvalue weighted by molar-refractivity contribution is 5.65. The van der Waals surface area contributed by atoms with Gasteiger partial charge in [0.25, 0.3) is 0 Å². The van der Waals surface area contributed by atoms with Gasteiger partial charge in [-0.2, -0.15) is 0 Å². The van der Waals surface area contributed by atoms with Crippen LogP contribution in [-0.2, 0) is 11.3 Å². The van der Waals surface area contributed by atoms with E-state index in [1.165, 1.54) is 0 Å². The van der Waals surface area contributed by atoms with Gasteiger partial charge in [-0.05, 0) is 42.8 Å². The molecule has 0 radical (unpaired) electrons. The number of anilines is 1. The van der Waals surface area contributed by atoms with Gasteiger partial charge >= 0.3 is 0 Å². The molecule has 3 nitrogen and oxygen atoms in total. The van der Waals surface area contributed by atoms with Crippen LogP contribution in [0.1, 0.15) is 11.3 Å². The Labute approximate surface area is 94.8 Å². The van der Waals surface area contributed by atoms with Gasteiger partial charge in [-0.1, -0.05) is 0 Å². The van der Waals surface area contributed by atoms with Gasteiger partial charge in [0, 0.05) is 18.4 Å². The van der Waals surface area contributed by atoms with Crippen LogP contribution in [0.3, 0.4) is 0 Å². The fourth-order valence-corrected chi connectivity index (χ4v) is 1.71. The largest absolute Gasteiger partial charge is 0.459 e. The van der Waals surface area contributed by atoms with Crippen molar-refractivity contribution in [1.29, 1.82) is 0 Å². The second kappa shape index (κ2) is 4.41. The first-order chi connectivity index (χ1) is 7.70. The van der Waals surface area contributed by atoms with Crippen LogP contribution in [0, 0.1) is 6.92 Å². The van der Waals surface area contributed by atoms with E-state index in [2.05, 4.69) is 0 Å². The van der Waals surface area contributed by atoms with Crippen LogP contribution in [0.15, 0.2) is 34.7 Å². The van der Waals surface area contributed by atoms with E-state index >= 15 is 0 Å². The zero-order chi connectivity index (χ0) is 11.5. The van der Waals surface area contributed by atoms with Gasteiger partial charge in [-0.3, -0.25) is 0 Å². The fourth-order valence-electron chi connectivity index (χ4n) is 1.71. The topological polar surface area (TPSA) is 48.4 Å². The van der Waals surface area contributed by atoms with Gasteiger partial charge in [0.2, 0.25) is 0 Å². The minimum Gasteiger partial charge on any atom is -0.459 e. The molecule has 2 rings (SSSR count). The van der Waals surface area contributed by atoms with Crippen molar-refractivity contribution in [2.75, 3.05) is 12.8 Å². The minimum atomic E-state index is 0.494. The molecule has 0 fully saturated rings. The van der Waals surface area contributed by atoms with E-state index in [1.54, 1.807) is 7.11 Å². The Morgan fingerprint density at radius 1 is 1.25 bits per heavy atom. The first-order valence-electron chi connectivity index (χ1n) is 5.15. The highest BCUT2D eigenvalue weighted by Gasteiger charge is 2.07. The SMILES string of the molecule is COCc1ccc(-c2ccc(N)cc2C)o1. The molecule has 1 heterocycles. The quantitative estimate of drug-likeness (QED) is 0.804. The molecule has 0 spiro atoms. The van der Waals surface area contributed by atoms with Crippen LogP contribution < -0.4 is 5.73 Å². The lowest BCUT2D eigenvalue weighted by molar-refractivity contribution is 0.165. The van der Waals surface area contributed by atoms with Crippen molar-refractivity contribution in [2.24, 2.45) is 0 Å². The van der Waals surface area contributed by atoms with E-state index in [0.717, 1.165) is 28.3 Å². The van der Waals surface area contributed by atoms with Crippen molar-refractivity contribution < 1.29 is 9.15 Å². The lowest BCUT2D eigenvalue weighted by Crippen LogP contribution is -1.87. The number of nitrogen functional groups attached to an aromatic ring is 1. The summed E-state index contributed by atoms with van der Waals surface area (Å²) in [5, 5.41) is 0. The number of hydrogen-bond acceptors (Lipinski definition) is 3. The average Bonchev–Trinajstić information content (AvgIpc) is 2.67. The van der Waals surface area contributed by atoms with Crippen LogP contribution in [0.25, 0.3) is 11.3 Å². The molecule has 0 amide bonds. The van der Waals surface area contributed by atoms with E-state index in [4.69, 9.17) is 14.9 Å². The number of aryl methyl sites for hydroxylation is 1. The molecule has 16 heavy (non-hydrogen) atoms. The van der Waals surface area contributed by atoms with E-state index in [1.807, 2.05) is 37.3 Å². The number of benzene rings is 1. The van der Waals surface area contributed by atoms with Crippen LogP contribution in [-0.4, -0.2) is 7.11 Å². The van der Waals surface area contributed by atoms with E-state index in [9.17, 15) is 0 Å².